The van der Waals surface area contributed by atoms with E-state index in [0.717, 1.165) is 18.6 Å². The van der Waals surface area contributed by atoms with Crippen LogP contribution in [0.3, 0.4) is 0 Å². The van der Waals surface area contributed by atoms with Crippen molar-refractivity contribution in [3.8, 4) is 5.75 Å². The van der Waals surface area contributed by atoms with E-state index in [-0.39, 0.29) is 18.5 Å². The molecule has 0 saturated carbocycles. The van der Waals surface area contributed by atoms with E-state index in [9.17, 15) is 18.4 Å². The number of hydrogen-bond donors (Lipinski definition) is 0. The molecular weight excluding hydrogens is 258 g/mol. The highest BCUT2D eigenvalue weighted by molar-refractivity contribution is 5.76. The van der Waals surface area contributed by atoms with Gasteiger partial charge in [-0.2, -0.15) is 0 Å². The predicted molar refractivity (Wildman–Crippen MR) is 62.9 cm³/mol. The molecule has 0 aliphatic heterocycles. The second kappa shape index (κ2) is 7.45. The molecule has 0 atom stereocenters. The van der Waals surface area contributed by atoms with Crippen LogP contribution >= 0.6 is 0 Å². The molecule has 1 aromatic rings. The second-order valence-electron chi connectivity index (χ2n) is 3.80. The van der Waals surface area contributed by atoms with Crippen molar-refractivity contribution < 1.29 is 27.8 Å². The quantitative estimate of drug-likeness (QED) is 0.435. The molecule has 0 bridgehead atoms. The first-order valence-corrected chi connectivity index (χ1v) is 5.81. The van der Waals surface area contributed by atoms with Crippen LogP contribution in [0.2, 0.25) is 0 Å². The van der Waals surface area contributed by atoms with Gasteiger partial charge in [-0.25, -0.2) is 8.78 Å². The van der Waals surface area contributed by atoms with Crippen LogP contribution in [0.15, 0.2) is 12.1 Å². The van der Waals surface area contributed by atoms with E-state index in [2.05, 4.69) is 0 Å². The molecule has 0 amide bonds. The Morgan fingerprint density at radius 2 is 1.95 bits per heavy atom. The number of rotatable bonds is 7. The van der Waals surface area contributed by atoms with E-state index >= 15 is 0 Å². The van der Waals surface area contributed by atoms with Gasteiger partial charge in [-0.1, -0.05) is 13.3 Å². The number of benzene rings is 1. The third kappa shape index (κ3) is 4.65. The molecular formula is C13H14F2O4. The van der Waals surface area contributed by atoms with Crippen molar-refractivity contribution in [3.05, 3.63) is 29.3 Å². The van der Waals surface area contributed by atoms with Gasteiger partial charge < -0.3 is 9.47 Å². The molecule has 4 nitrogen and oxygen atoms in total. The summed E-state index contributed by atoms with van der Waals surface area (Å²) in [6.45, 7) is 1.51. The van der Waals surface area contributed by atoms with Crippen molar-refractivity contribution in [1.82, 2.24) is 0 Å². The molecule has 0 saturated heterocycles. The molecule has 0 aromatic heterocycles. The summed E-state index contributed by atoms with van der Waals surface area (Å²) >= 11 is 0. The van der Waals surface area contributed by atoms with Gasteiger partial charge in [-0.3, -0.25) is 9.59 Å². The molecule has 104 valence electrons. The standard InChI is InChI=1S/C13H14F2O4/c1-2-3-4-13(17)19-8-18-9-5-11(14)10(7-16)12(15)6-9/h5-7H,2-4,8H2,1H3. The molecule has 0 unspecified atom stereocenters. The van der Waals surface area contributed by atoms with Crippen LogP contribution < -0.4 is 4.74 Å². The van der Waals surface area contributed by atoms with Gasteiger partial charge in [-0.05, 0) is 6.42 Å². The van der Waals surface area contributed by atoms with Crippen LogP contribution in [0.5, 0.6) is 5.75 Å². The van der Waals surface area contributed by atoms with Gasteiger partial charge >= 0.3 is 5.97 Å². The largest absolute Gasteiger partial charge is 0.457 e. The van der Waals surface area contributed by atoms with E-state index in [1.807, 2.05) is 6.92 Å². The minimum atomic E-state index is -1.03. The maximum Gasteiger partial charge on any atom is 0.308 e. The molecule has 0 heterocycles. The number of halogens is 2. The lowest BCUT2D eigenvalue weighted by atomic mass is 10.2. The van der Waals surface area contributed by atoms with Crippen molar-refractivity contribution in [2.75, 3.05) is 6.79 Å². The molecule has 0 N–H and O–H groups in total. The molecule has 0 aliphatic carbocycles. The molecule has 0 radical (unpaired) electrons. The Morgan fingerprint density at radius 1 is 1.32 bits per heavy atom. The normalized spacial score (nSPS) is 10.1. The second-order valence-corrected chi connectivity index (χ2v) is 3.80. The number of hydrogen-bond acceptors (Lipinski definition) is 4. The monoisotopic (exact) mass is 272 g/mol. The topological polar surface area (TPSA) is 52.6 Å². The first kappa shape index (κ1) is 15.1. The van der Waals surface area contributed by atoms with Crippen LogP contribution in [-0.4, -0.2) is 19.0 Å². The van der Waals surface area contributed by atoms with E-state index in [1.165, 1.54) is 0 Å². The average Bonchev–Trinajstić information content (AvgIpc) is 2.36. The maximum absolute atomic E-state index is 13.2. The summed E-state index contributed by atoms with van der Waals surface area (Å²) in [7, 11) is 0. The summed E-state index contributed by atoms with van der Waals surface area (Å²) in [4.78, 5) is 21.5. The number of esters is 1. The smallest absolute Gasteiger partial charge is 0.308 e. The maximum atomic E-state index is 13.2. The van der Waals surface area contributed by atoms with Crippen molar-refractivity contribution >= 4 is 12.3 Å². The van der Waals surface area contributed by atoms with Gasteiger partial charge in [0, 0.05) is 18.6 Å². The fraction of sp³-hybridized carbons (Fsp3) is 0.385. The van der Waals surface area contributed by atoms with Gasteiger partial charge in [-0.15, -0.1) is 0 Å². The van der Waals surface area contributed by atoms with Gasteiger partial charge in [0.15, 0.2) is 6.29 Å². The van der Waals surface area contributed by atoms with Crippen LogP contribution in [0.1, 0.15) is 36.5 Å². The van der Waals surface area contributed by atoms with Gasteiger partial charge in [0.1, 0.15) is 17.4 Å². The first-order chi connectivity index (χ1) is 9.08. The minimum absolute atomic E-state index is 0.0826. The van der Waals surface area contributed by atoms with Gasteiger partial charge in [0.25, 0.3) is 0 Å². The third-order valence-corrected chi connectivity index (χ3v) is 2.35. The Balaban J connectivity index is 2.50. The van der Waals surface area contributed by atoms with Gasteiger partial charge in [0.05, 0.1) is 5.56 Å². The van der Waals surface area contributed by atoms with Crippen molar-refractivity contribution in [3.63, 3.8) is 0 Å². The fourth-order valence-electron chi connectivity index (χ4n) is 1.31. The summed E-state index contributed by atoms with van der Waals surface area (Å²) in [5.74, 6) is -2.64. The van der Waals surface area contributed by atoms with Crippen LogP contribution in [0.25, 0.3) is 0 Å². The van der Waals surface area contributed by atoms with E-state index in [1.54, 1.807) is 0 Å². The Labute approximate surface area is 109 Å². The SMILES string of the molecule is CCCCC(=O)OCOc1cc(F)c(C=O)c(F)c1. The summed E-state index contributed by atoms with van der Waals surface area (Å²) in [5.41, 5.74) is -0.660. The zero-order valence-corrected chi connectivity index (χ0v) is 10.4. The summed E-state index contributed by atoms with van der Waals surface area (Å²) in [6.07, 6.45) is 1.92. The highest BCUT2D eigenvalue weighted by Gasteiger charge is 2.11. The van der Waals surface area contributed by atoms with E-state index < -0.39 is 30.0 Å². The number of aldehydes is 1. The van der Waals surface area contributed by atoms with E-state index in [4.69, 9.17) is 9.47 Å². The zero-order valence-electron chi connectivity index (χ0n) is 10.4. The predicted octanol–water partition coefficient (Wildman–Crippen LogP) is 2.85. The summed E-state index contributed by atoms with van der Waals surface area (Å²) in [6, 6.07) is 1.71. The van der Waals surface area contributed by atoms with Crippen molar-refractivity contribution in [2.45, 2.75) is 26.2 Å². The summed E-state index contributed by atoms with van der Waals surface area (Å²) < 4.78 is 36.0. The number of unbranched alkanes of at least 4 members (excludes halogenated alkanes) is 1. The Kier molecular flexibility index (Phi) is 5.92. The van der Waals surface area contributed by atoms with Crippen LogP contribution in [-0.2, 0) is 9.53 Å². The first-order valence-electron chi connectivity index (χ1n) is 5.81. The lowest BCUT2D eigenvalue weighted by molar-refractivity contribution is -0.150. The lowest BCUT2D eigenvalue weighted by Crippen LogP contribution is -2.10. The van der Waals surface area contributed by atoms with Crippen molar-refractivity contribution in [2.24, 2.45) is 0 Å². The molecule has 6 heteroatoms. The molecule has 0 fully saturated rings. The number of carbonyl (C=O) groups is 2. The van der Waals surface area contributed by atoms with E-state index in [0.29, 0.717) is 6.42 Å². The third-order valence-electron chi connectivity index (χ3n) is 2.35. The Hall–Kier alpha value is -1.98. The average molecular weight is 272 g/mol. The van der Waals surface area contributed by atoms with Crippen LogP contribution in [0.4, 0.5) is 8.78 Å². The van der Waals surface area contributed by atoms with Crippen molar-refractivity contribution in [1.29, 1.82) is 0 Å². The highest BCUT2D eigenvalue weighted by atomic mass is 19.1. The van der Waals surface area contributed by atoms with Gasteiger partial charge in [0.2, 0.25) is 6.79 Å². The Bertz CT molecular complexity index is 437. The summed E-state index contributed by atoms with van der Waals surface area (Å²) in [5, 5.41) is 0. The number of ether oxygens (including phenoxy) is 2. The molecule has 0 spiro atoms. The fourth-order valence-corrected chi connectivity index (χ4v) is 1.31. The highest BCUT2D eigenvalue weighted by Crippen LogP contribution is 2.19. The molecule has 0 aliphatic rings. The molecule has 1 aromatic carbocycles. The Morgan fingerprint density at radius 3 is 2.47 bits per heavy atom. The minimum Gasteiger partial charge on any atom is -0.457 e. The lowest BCUT2D eigenvalue weighted by Gasteiger charge is -2.08. The number of carbonyl (C=O) groups excluding carboxylic acids is 2. The zero-order chi connectivity index (χ0) is 14.3. The molecule has 1 rings (SSSR count). The van der Waals surface area contributed by atoms with Crippen LogP contribution in [0, 0.1) is 11.6 Å². The molecule has 19 heavy (non-hydrogen) atoms.